The van der Waals surface area contributed by atoms with E-state index in [1.54, 1.807) is 12.1 Å². The zero-order valence-corrected chi connectivity index (χ0v) is 15.7. The van der Waals surface area contributed by atoms with Crippen LogP contribution in [0.2, 0.25) is 0 Å². The van der Waals surface area contributed by atoms with Gasteiger partial charge in [0.1, 0.15) is 0 Å². The molecule has 1 heterocycles. The Hall–Kier alpha value is -3.66. The van der Waals surface area contributed by atoms with Crippen LogP contribution in [-0.4, -0.2) is 10.5 Å². The highest BCUT2D eigenvalue weighted by Crippen LogP contribution is 2.26. The summed E-state index contributed by atoms with van der Waals surface area (Å²) >= 11 is 0. The van der Waals surface area contributed by atoms with Crippen LogP contribution in [0, 0.1) is 0 Å². The van der Waals surface area contributed by atoms with E-state index in [-0.39, 0.29) is 5.91 Å². The fraction of sp³-hybridized carbons (Fsp3) is 0.0833. The number of hydrogen-bond acceptors (Lipinski definition) is 2. The highest BCUT2D eigenvalue weighted by Gasteiger charge is 2.09. The maximum atomic E-state index is 12.4. The molecule has 0 aliphatic carbocycles. The Bertz CT molecular complexity index is 1180. The molecule has 3 aromatic carbocycles. The molecule has 28 heavy (non-hydrogen) atoms. The number of para-hydroxylation sites is 1. The van der Waals surface area contributed by atoms with Crippen molar-refractivity contribution in [2.75, 3.05) is 0 Å². The molecule has 0 spiro atoms. The zero-order chi connectivity index (χ0) is 19.3. The van der Waals surface area contributed by atoms with Gasteiger partial charge in [-0.05, 0) is 42.3 Å². The van der Waals surface area contributed by atoms with Gasteiger partial charge >= 0.3 is 0 Å². The lowest BCUT2D eigenvalue weighted by Crippen LogP contribution is -2.27. The van der Waals surface area contributed by atoms with Gasteiger partial charge in [-0.3, -0.25) is 4.79 Å². The number of pyridine rings is 1. The number of nitrogens with one attached hydrogen (secondary N) is 1. The van der Waals surface area contributed by atoms with Crippen molar-refractivity contribution in [1.29, 1.82) is 0 Å². The number of amides is 1. The van der Waals surface area contributed by atoms with Gasteiger partial charge in [0.2, 0.25) is 0 Å². The maximum Gasteiger partial charge on any atom is 0.271 e. The highest BCUT2D eigenvalue weighted by molar-refractivity contribution is 5.95. The summed E-state index contributed by atoms with van der Waals surface area (Å²) in [4.78, 5) is 12.4. The summed E-state index contributed by atoms with van der Waals surface area (Å²) in [6.07, 6.45) is 0. The fourth-order valence-electron chi connectivity index (χ4n) is 3.39. The number of carbonyl (C=O) groups excluding carboxylic acids is 1. The van der Waals surface area contributed by atoms with Crippen LogP contribution in [0.5, 0.6) is 0 Å². The Balaban J connectivity index is 1.87. The van der Waals surface area contributed by atoms with Gasteiger partial charge in [0.15, 0.2) is 5.49 Å². The minimum absolute atomic E-state index is 0.224. The van der Waals surface area contributed by atoms with Gasteiger partial charge in [0, 0.05) is 17.5 Å². The number of aromatic nitrogens is 1. The number of nitrogens with zero attached hydrogens (tertiary/aromatic N) is 2. The molecule has 0 saturated carbocycles. The molecule has 0 aliphatic rings. The second-order valence-corrected chi connectivity index (χ2v) is 6.46. The molecule has 0 unspecified atom stereocenters. The summed E-state index contributed by atoms with van der Waals surface area (Å²) in [5.41, 5.74) is 7.28. The van der Waals surface area contributed by atoms with Crippen LogP contribution in [0.25, 0.3) is 22.0 Å². The van der Waals surface area contributed by atoms with E-state index < -0.39 is 0 Å². The molecule has 0 fully saturated rings. The van der Waals surface area contributed by atoms with E-state index in [2.05, 4.69) is 46.3 Å². The topological polar surface area (TPSA) is 46.4 Å². The summed E-state index contributed by atoms with van der Waals surface area (Å²) in [7, 11) is 0. The van der Waals surface area contributed by atoms with E-state index in [1.165, 1.54) is 0 Å². The van der Waals surface area contributed by atoms with Crippen molar-refractivity contribution in [3.8, 4) is 11.1 Å². The molecule has 4 heteroatoms. The molecule has 1 N–H and O–H groups in total. The third-order valence-electron chi connectivity index (χ3n) is 4.74. The lowest BCUT2D eigenvalue weighted by Gasteiger charge is -2.14. The summed E-state index contributed by atoms with van der Waals surface area (Å²) < 4.78 is 2.10. The first-order chi connectivity index (χ1) is 13.8. The van der Waals surface area contributed by atoms with E-state index in [9.17, 15) is 4.79 Å². The number of fused-ring (bicyclic) bond motifs is 1. The monoisotopic (exact) mass is 367 g/mol. The predicted molar refractivity (Wildman–Crippen MR) is 113 cm³/mol. The van der Waals surface area contributed by atoms with Gasteiger partial charge in [-0.15, -0.1) is 0 Å². The summed E-state index contributed by atoms with van der Waals surface area (Å²) in [5.74, 6) is -0.224. The summed E-state index contributed by atoms with van der Waals surface area (Å²) in [6, 6.07) is 29.6. The molecule has 0 bridgehead atoms. The molecule has 1 amide bonds. The molecule has 1 aromatic heterocycles. The van der Waals surface area contributed by atoms with Gasteiger partial charge in [-0.1, -0.05) is 66.7 Å². The van der Waals surface area contributed by atoms with E-state index in [0.717, 1.165) is 28.6 Å². The van der Waals surface area contributed by atoms with Gasteiger partial charge in [-0.2, -0.15) is 5.10 Å². The standard InChI is InChI=1S/C24H21N3O/c1-2-27-22-16-10-9-15-20(22)21(18-11-5-3-6-12-18)17-23(27)25-26-24(28)19-13-7-4-8-14-19/h3-17H,2H2,1H3,(H,26,28)/b25-23-. The smallest absolute Gasteiger partial charge is 0.271 e. The number of rotatable bonds is 4. The first-order valence-corrected chi connectivity index (χ1v) is 9.35. The minimum Gasteiger partial charge on any atom is -0.325 e. The lowest BCUT2D eigenvalue weighted by atomic mass is 10.0. The fourth-order valence-corrected chi connectivity index (χ4v) is 3.39. The third-order valence-corrected chi connectivity index (χ3v) is 4.74. The average molecular weight is 367 g/mol. The molecule has 0 atom stereocenters. The second-order valence-electron chi connectivity index (χ2n) is 6.46. The van der Waals surface area contributed by atoms with Crippen LogP contribution in [0.4, 0.5) is 0 Å². The summed E-state index contributed by atoms with van der Waals surface area (Å²) in [5, 5.41) is 5.61. The van der Waals surface area contributed by atoms with Crippen LogP contribution < -0.4 is 10.9 Å². The van der Waals surface area contributed by atoms with Crippen molar-refractivity contribution in [2.24, 2.45) is 5.10 Å². The Morgan fingerprint density at radius 2 is 1.54 bits per heavy atom. The molecular formula is C24H21N3O. The second kappa shape index (κ2) is 7.92. The van der Waals surface area contributed by atoms with Crippen molar-refractivity contribution in [1.82, 2.24) is 9.99 Å². The Morgan fingerprint density at radius 1 is 0.893 bits per heavy atom. The maximum absolute atomic E-state index is 12.4. The molecule has 0 saturated heterocycles. The average Bonchev–Trinajstić information content (AvgIpc) is 2.77. The number of benzene rings is 3. The molecule has 4 nitrogen and oxygen atoms in total. The predicted octanol–water partition coefficient (Wildman–Crippen LogP) is 4.57. The van der Waals surface area contributed by atoms with Gasteiger partial charge in [0.25, 0.3) is 5.91 Å². The van der Waals surface area contributed by atoms with Crippen LogP contribution >= 0.6 is 0 Å². The molecule has 138 valence electrons. The van der Waals surface area contributed by atoms with Crippen molar-refractivity contribution < 1.29 is 4.79 Å². The Kier molecular flexibility index (Phi) is 5.02. The van der Waals surface area contributed by atoms with E-state index in [1.807, 2.05) is 54.6 Å². The molecule has 4 aromatic rings. The van der Waals surface area contributed by atoms with Crippen molar-refractivity contribution in [2.45, 2.75) is 13.5 Å². The van der Waals surface area contributed by atoms with Crippen molar-refractivity contribution >= 4 is 16.8 Å². The number of aryl methyl sites for hydroxylation is 1. The van der Waals surface area contributed by atoms with Gasteiger partial charge < -0.3 is 4.57 Å². The van der Waals surface area contributed by atoms with Crippen molar-refractivity contribution in [3.05, 3.63) is 102 Å². The lowest BCUT2D eigenvalue weighted by molar-refractivity contribution is 0.0952. The molecule has 4 rings (SSSR count). The van der Waals surface area contributed by atoms with Gasteiger partial charge in [0.05, 0.1) is 5.52 Å². The third kappa shape index (κ3) is 3.45. The van der Waals surface area contributed by atoms with Gasteiger partial charge in [-0.25, -0.2) is 5.43 Å². The Labute approximate surface area is 163 Å². The Morgan fingerprint density at radius 3 is 2.25 bits per heavy atom. The highest BCUT2D eigenvalue weighted by atomic mass is 16.2. The van der Waals surface area contributed by atoms with E-state index in [4.69, 9.17) is 0 Å². The zero-order valence-electron chi connectivity index (χ0n) is 15.7. The van der Waals surface area contributed by atoms with Crippen LogP contribution in [0.3, 0.4) is 0 Å². The largest absolute Gasteiger partial charge is 0.325 e. The van der Waals surface area contributed by atoms with E-state index >= 15 is 0 Å². The SMILES string of the molecule is CCn1/c(=N\NC(=O)c2ccccc2)cc(-c2ccccc2)c2ccccc21. The molecule has 0 radical (unpaired) electrons. The first kappa shape index (κ1) is 17.7. The van der Waals surface area contributed by atoms with Crippen LogP contribution in [-0.2, 0) is 6.54 Å². The molecular weight excluding hydrogens is 346 g/mol. The minimum atomic E-state index is -0.224. The quantitative estimate of drug-likeness (QED) is 0.528. The van der Waals surface area contributed by atoms with Crippen LogP contribution in [0.15, 0.2) is 96.1 Å². The first-order valence-electron chi connectivity index (χ1n) is 9.35. The van der Waals surface area contributed by atoms with Crippen molar-refractivity contribution in [3.63, 3.8) is 0 Å². The number of hydrogen-bond donors (Lipinski definition) is 1. The van der Waals surface area contributed by atoms with E-state index in [0.29, 0.717) is 11.1 Å². The summed E-state index contributed by atoms with van der Waals surface area (Å²) in [6.45, 7) is 2.82. The normalized spacial score (nSPS) is 11.5. The molecule has 0 aliphatic heterocycles. The van der Waals surface area contributed by atoms with Crippen LogP contribution in [0.1, 0.15) is 17.3 Å². The number of carbonyl (C=O) groups is 1.